The van der Waals surface area contributed by atoms with Crippen LogP contribution in [0.4, 0.5) is 13.2 Å². The fourth-order valence-corrected chi connectivity index (χ4v) is 2.41. The van der Waals surface area contributed by atoms with Crippen LogP contribution in [0, 0.1) is 0 Å². The Morgan fingerprint density at radius 3 is 2.64 bits per heavy atom. The minimum absolute atomic E-state index is 0.0535. The minimum Gasteiger partial charge on any atom is -0.493 e. The van der Waals surface area contributed by atoms with Gasteiger partial charge < -0.3 is 14.2 Å². The first kappa shape index (κ1) is 16.7. The Hall–Kier alpha value is -1.70. The van der Waals surface area contributed by atoms with Gasteiger partial charge in [0, 0.05) is 5.56 Å². The molecule has 0 bridgehead atoms. The van der Waals surface area contributed by atoms with Gasteiger partial charge in [0.25, 0.3) is 4.51 Å². The summed E-state index contributed by atoms with van der Waals surface area (Å²) in [5.41, 5.74) is -0.385. The van der Waals surface area contributed by atoms with Gasteiger partial charge in [-0.25, -0.2) is 4.79 Å². The number of carbonyl (C=O) groups is 1. The number of methoxy groups -OCH3 is 1. The SMILES string of the molecule is CCOC(=O)C1=Cc2cccc(OC)c2OC1(Br)C(F)(F)F. The van der Waals surface area contributed by atoms with E-state index in [2.05, 4.69) is 15.9 Å². The summed E-state index contributed by atoms with van der Waals surface area (Å²) in [5, 5.41) is 0. The summed E-state index contributed by atoms with van der Waals surface area (Å²) in [4.78, 5) is 11.9. The molecule has 1 aromatic rings. The number of para-hydroxylation sites is 1. The van der Waals surface area contributed by atoms with Crippen LogP contribution in [0.2, 0.25) is 0 Å². The molecular formula is C14H12BrF3O4. The van der Waals surface area contributed by atoms with Crippen LogP contribution in [0.25, 0.3) is 6.08 Å². The molecule has 0 aliphatic carbocycles. The summed E-state index contributed by atoms with van der Waals surface area (Å²) in [6, 6.07) is 4.56. The van der Waals surface area contributed by atoms with Crippen molar-refractivity contribution < 1.29 is 32.2 Å². The minimum atomic E-state index is -4.88. The number of carbonyl (C=O) groups excluding carboxylic acids is 1. The lowest BCUT2D eigenvalue weighted by atomic mass is 10.0. The average Bonchev–Trinajstić information content (AvgIpc) is 2.45. The van der Waals surface area contributed by atoms with Crippen LogP contribution in [-0.2, 0) is 9.53 Å². The lowest BCUT2D eigenvalue weighted by Gasteiger charge is -2.35. The molecule has 1 unspecified atom stereocenters. The standard InChI is InChI=1S/C14H12BrF3O4/c1-3-21-12(19)9-7-8-5-4-6-10(20-2)11(8)22-13(9,15)14(16,17)18/h4-7H,3H2,1-2H3. The van der Waals surface area contributed by atoms with Gasteiger partial charge in [0.2, 0.25) is 0 Å². The van der Waals surface area contributed by atoms with E-state index in [1.54, 1.807) is 6.07 Å². The fraction of sp³-hybridized carbons (Fsp3) is 0.357. The number of esters is 1. The highest BCUT2D eigenvalue weighted by atomic mass is 79.9. The summed E-state index contributed by atoms with van der Waals surface area (Å²) in [6.45, 7) is 1.45. The first-order valence-corrected chi connectivity index (χ1v) is 7.04. The molecule has 0 saturated heterocycles. The lowest BCUT2D eigenvalue weighted by molar-refractivity contribution is -0.198. The third-order valence-electron chi connectivity index (χ3n) is 2.98. The van der Waals surface area contributed by atoms with Gasteiger partial charge in [0.05, 0.1) is 13.7 Å². The zero-order valence-corrected chi connectivity index (χ0v) is 13.2. The van der Waals surface area contributed by atoms with Crippen molar-refractivity contribution in [1.82, 2.24) is 0 Å². The van der Waals surface area contributed by atoms with E-state index >= 15 is 0 Å². The third-order valence-corrected chi connectivity index (χ3v) is 4.02. The van der Waals surface area contributed by atoms with Gasteiger partial charge in [-0.05, 0) is 35.0 Å². The van der Waals surface area contributed by atoms with Gasteiger partial charge in [-0.3, -0.25) is 0 Å². The second-order valence-corrected chi connectivity index (χ2v) is 5.47. The molecule has 0 amide bonds. The van der Waals surface area contributed by atoms with E-state index in [-0.39, 0.29) is 18.1 Å². The van der Waals surface area contributed by atoms with Gasteiger partial charge in [-0.15, -0.1) is 0 Å². The molecule has 0 saturated carbocycles. The third kappa shape index (κ3) is 2.67. The zero-order valence-electron chi connectivity index (χ0n) is 11.7. The maximum Gasteiger partial charge on any atom is 0.443 e. The second kappa shape index (κ2) is 5.83. The van der Waals surface area contributed by atoms with Crippen LogP contribution in [-0.4, -0.2) is 30.4 Å². The smallest absolute Gasteiger partial charge is 0.443 e. The molecule has 1 heterocycles. The fourth-order valence-electron chi connectivity index (χ4n) is 1.97. The number of halogens is 4. The van der Waals surface area contributed by atoms with E-state index in [0.717, 1.165) is 6.08 Å². The van der Waals surface area contributed by atoms with E-state index in [1.807, 2.05) is 0 Å². The lowest BCUT2D eigenvalue weighted by Crippen LogP contribution is -2.50. The molecule has 1 atom stereocenters. The van der Waals surface area contributed by atoms with Gasteiger partial charge in [0.1, 0.15) is 5.57 Å². The maximum absolute atomic E-state index is 13.4. The molecular weight excluding hydrogens is 369 g/mol. The van der Waals surface area contributed by atoms with Crippen LogP contribution >= 0.6 is 15.9 Å². The average molecular weight is 381 g/mol. The molecule has 0 radical (unpaired) electrons. The van der Waals surface area contributed by atoms with E-state index in [0.29, 0.717) is 5.56 Å². The molecule has 120 valence electrons. The summed E-state index contributed by atoms with van der Waals surface area (Å²) in [6.07, 6.45) is -3.80. The van der Waals surface area contributed by atoms with Gasteiger partial charge in [-0.2, -0.15) is 13.2 Å². The molecule has 22 heavy (non-hydrogen) atoms. The highest BCUT2D eigenvalue weighted by Gasteiger charge is 2.62. The normalized spacial score (nSPS) is 20.5. The maximum atomic E-state index is 13.4. The Morgan fingerprint density at radius 1 is 1.41 bits per heavy atom. The van der Waals surface area contributed by atoms with Crippen LogP contribution in [0.1, 0.15) is 12.5 Å². The largest absolute Gasteiger partial charge is 0.493 e. The molecule has 1 aliphatic rings. The van der Waals surface area contributed by atoms with E-state index in [1.165, 1.54) is 26.2 Å². The highest BCUT2D eigenvalue weighted by Crippen LogP contribution is 2.51. The van der Waals surface area contributed by atoms with Crippen LogP contribution in [0.15, 0.2) is 23.8 Å². The van der Waals surface area contributed by atoms with Crippen molar-refractivity contribution in [3.05, 3.63) is 29.3 Å². The van der Waals surface area contributed by atoms with Crippen LogP contribution in [0.3, 0.4) is 0 Å². The number of benzene rings is 1. The topological polar surface area (TPSA) is 44.8 Å². The summed E-state index contributed by atoms with van der Waals surface area (Å²) < 4.78 is 52.1. The number of hydrogen-bond acceptors (Lipinski definition) is 4. The quantitative estimate of drug-likeness (QED) is 0.592. The molecule has 1 aromatic carbocycles. The Kier molecular flexibility index (Phi) is 4.42. The molecule has 4 nitrogen and oxygen atoms in total. The Labute approximate surface area is 133 Å². The van der Waals surface area contributed by atoms with Gasteiger partial charge >= 0.3 is 12.1 Å². The number of rotatable bonds is 3. The molecule has 0 N–H and O–H groups in total. The Bertz CT molecular complexity index is 627. The van der Waals surface area contributed by atoms with Gasteiger partial charge in [0.15, 0.2) is 11.5 Å². The van der Waals surface area contributed by atoms with E-state index < -0.39 is 22.2 Å². The van der Waals surface area contributed by atoms with Crippen molar-refractivity contribution in [2.75, 3.05) is 13.7 Å². The van der Waals surface area contributed by atoms with Crippen molar-refractivity contribution in [3.63, 3.8) is 0 Å². The first-order valence-electron chi connectivity index (χ1n) is 6.25. The Morgan fingerprint density at radius 2 is 2.09 bits per heavy atom. The summed E-state index contributed by atoms with van der Waals surface area (Å²) in [5.74, 6) is -1.08. The molecule has 0 aromatic heterocycles. The molecule has 8 heteroatoms. The predicted octanol–water partition coefficient (Wildman–Crippen LogP) is 3.69. The summed E-state index contributed by atoms with van der Waals surface area (Å²) in [7, 11) is 1.31. The van der Waals surface area contributed by atoms with Crippen LogP contribution in [0.5, 0.6) is 11.5 Å². The van der Waals surface area contributed by atoms with Crippen molar-refractivity contribution in [1.29, 1.82) is 0 Å². The predicted molar refractivity (Wildman–Crippen MR) is 75.9 cm³/mol. The number of alkyl halides is 4. The zero-order chi connectivity index (χ0) is 16.5. The molecule has 0 spiro atoms. The summed E-state index contributed by atoms with van der Waals surface area (Å²) >= 11 is 2.51. The monoisotopic (exact) mass is 380 g/mol. The second-order valence-electron chi connectivity index (χ2n) is 4.35. The number of hydrogen-bond donors (Lipinski definition) is 0. The van der Waals surface area contributed by atoms with Gasteiger partial charge in [-0.1, -0.05) is 12.1 Å². The Balaban J connectivity index is 2.64. The molecule has 2 rings (SSSR count). The first-order chi connectivity index (χ1) is 10.2. The van der Waals surface area contributed by atoms with E-state index in [4.69, 9.17) is 14.2 Å². The number of fused-ring (bicyclic) bond motifs is 1. The van der Waals surface area contributed by atoms with E-state index in [9.17, 15) is 18.0 Å². The molecule has 0 fully saturated rings. The van der Waals surface area contributed by atoms with Crippen LogP contribution < -0.4 is 9.47 Å². The van der Waals surface area contributed by atoms with Crippen molar-refractivity contribution >= 4 is 28.0 Å². The van der Waals surface area contributed by atoms with Crippen molar-refractivity contribution in [3.8, 4) is 11.5 Å². The number of ether oxygens (including phenoxy) is 3. The van der Waals surface area contributed by atoms with Crippen molar-refractivity contribution in [2.24, 2.45) is 0 Å². The highest BCUT2D eigenvalue weighted by molar-refractivity contribution is 9.10. The molecule has 1 aliphatic heterocycles. The van der Waals surface area contributed by atoms with Crippen molar-refractivity contribution in [2.45, 2.75) is 17.6 Å².